The van der Waals surface area contributed by atoms with E-state index < -0.39 is 0 Å². The molecule has 1 aromatic heterocycles. The van der Waals surface area contributed by atoms with Crippen LogP contribution in [0.5, 0.6) is 0 Å². The van der Waals surface area contributed by atoms with Crippen LogP contribution in [0.1, 0.15) is 56.6 Å². The predicted molar refractivity (Wildman–Crippen MR) is 113 cm³/mol. The van der Waals surface area contributed by atoms with Crippen LogP contribution in [-0.2, 0) is 0 Å². The number of hydrogen-bond acceptors (Lipinski definition) is 2. The Hall–Kier alpha value is -1.67. The van der Waals surface area contributed by atoms with Gasteiger partial charge in [0.15, 0.2) is 0 Å². The highest BCUT2D eigenvalue weighted by molar-refractivity contribution is 7.24. The zero-order valence-electron chi connectivity index (χ0n) is 15.8. The minimum Gasteiger partial charge on any atom is -0.284 e. The van der Waals surface area contributed by atoms with Crippen LogP contribution in [0, 0.1) is 13.8 Å². The fraction of sp³-hybridized carbons (Fsp3) is 0.435. The van der Waals surface area contributed by atoms with Crippen LogP contribution in [0.25, 0.3) is 20.2 Å². The molecule has 0 aliphatic rings. The molecule has 132 valence electrons. The second kappa shape index (κ2) is 8.62. The summed E-state index contributed by atoms with van der Waals surface area (Å²) in [5, 5.41) is 3.81. The molecule has 0 unspecified atom stereocenters. The summed E-state index contributed by atoms with van der Waals surface area (Å²) < 4.78 is 2.73. The highest BCUT2D eigenvalue weighted by atomic mass is 32.1. The van der Waals surface area contributed by atoms with Gasteiger partial charge in [0.05, 0.1) is 5.36 Å². The first-order chi connectivity index (χ1) is 12.2. The molecule has 0 amide bonds. The zero-order chi connectivity index (χ0) is 17.6. The molecule has 1 nitrogen and oxygen atoms in total. The third kappa shape index (κ3) is 4.12. The van der Waals surface area contributed by atoms with Gasteiger partial charge in [0.1, 0.15) is 0 Å². The van der Waals surface area contributed by atoms with Gasteiger partial charge in [-0.1, -0.05) is 69.4 Å². The first kappa shape index (κ1) is 18.1. The van der Waals surface area contributed by atoms with Crippen molar-refractivity contribution in [2.75, 3.05) is 6.54 Å². The Labute approximate surface area is 155 Å². The van der Waals surface area contributed by atoms with Crippen LogP contribution in [-0.4, -0.2) is 6.54 Å². The molecule has 0 fully saturated rings. The lowest BCUT2D eigenvalue weighted by Gasteiger charge is -2.08. The molecule has 3 rings (SSSR count). The fourth-order valence-corrected chi connectivity index (χ4v) is 4.60. The molecule has 0 aliphatic heterocycles. The van der Waals surface area contributed by atoms with Gasteiger partial charge in [-0.15, -0.1) is 11.3 Å². The SMILES string of the molecule is CCCCCCCCN=c1c2ccccc2sc2c(C)c(C)ccc12. The maximum absolute atomic E-state index is 5.06. The van der Waals surface area contributed by atoms with E-state index >= 15 is 0 Å². The van der Waals surface area contributed by atoms with Crippen LogP contribution >= 0.6 is 11.3 Å². The quantitative estimate of drug-likeness (QED) is 0.323. The van der Waals surface area contributed by atoms with E-state index in [9.17, 15) is 0 Å². The van der Waals surface area contributed by atoms with E-state index in [1.807, 2.05) is 11.3 Å². The van der Waals surface area contributed by atoms with E-state index in [1.54, 1.807) is 0 Å². The van der Waals surface area contributed by atoms with Gasteiger partial charge in [-0.25, -0.2) is 0 Å². The number of fused-ring (bicyclic) bond motifs is 2. The molecule has 0 saturated carbocycles. The number of nitrogens with zero attached hydrogens (tertiary/aromatic N) is 1. The van der Waals surface area contributed by atoms with Crippen molar-refractivity contribution in [3.05, 3.63) is 52.9 Å². The third-order valence-corrected chi connectivity index (χ3v) is 6.37. The summed E-state index contributed by atoms with van der Waals surface area (Å²) in [6, 6.07) is 13.2. The molecule has 0 N–H and O–H groups in total. The predicted octanol–water partition coefficient (Wildman–Crippen LogP) is 6.93. The zero-order valence-corrected chi connectivity index (χ0v) is 16.6. The largest absolute Gasteiger partial charge is 0.284 e. The summed E-state index contributed by atoms with van der Waals surface area (Å²) >= 11 is 1.90. The summed E-state index contributed by atoms with van der Waals surface area (Å²) in [5.41, 5.74) is 2.75. The van der Waals surface area contributed by atoms with Crippen LogP contribution in [0.15, 0.2) is 41.4 Å². The van der Waals surface area contributed by atoms with Crippen molar-refractivity contribution in [2.45, 2.75) is 59.3 Å². The van der Waals surface area contributed by atoms with E-state index in [4.69, 9.17) is 4.99 Å². The normalized spacial score (nSPS) is 12.4. The number of unbranched alkanes of at least 4 members (excludes halogenated alkanes) is 5. The minimum absolute atomic E-state index is 0.937. The highest BCUT2D eigenvalue weighted by Crippen LogP contribution is 2.28. The monoisotopic (exact) mass is 351 g/mol. The summed E-state index contributed by atoms with van der Waals surface area (Å²) in [5.74, 6) is 0. The Morgan fingerprint density at radius 1 is 0.840 bits per heavy atom. The van der Waals surface area contributed by atoms with Crippen molar-refractivity contribution in [3.8, 4) is 0 Å². The smallest absolute Gasteiger partial charge is 0.0747 e. The lowest BCUT2D eigenvalue weighted by molar-refractivity contribution is 0.610. The van der Waals surface area contributed by atoms with Gasteiger partial charge in [0.25, 0.3) is 0 Å². The van der Waals surface area contributed by atoms with Gasteiger partial charge < -0.3 is 0 Å². The van der Waals surface area contributed by atoms with Gasteiger partial charge >= 0.3 is 0 Å². The fourth-order valence-electron chi connectivity index (χ4n) is 3.37. The highest BCUT2D eigenvalue weighted by Gasteiger charge is 2.07. The Bertz CT molecular complexity index is 920. The summed E-state index contributed by atoms with van der Waals surface area (Å²) in [6.07, 6.45) is 7.89. The van der Waals surface area contributed by atoms with Crippen LogP contribution in [0.4, 0.5) is 0 Å². The van der Waals surface area contributed by atoms with Crippen LogP contribution < -0.4 is 5.36 Å². The van der Waals surface area contributed by atoms with Gasteiger partial charge in [-0.2, -0.15) is 0 Å². The Morgan fingerprint density at radius 2 is 1.60 bits per heavy atom. The number of aryl methyl sites for hydroxylation is 2. The molecule has 0 saturated heterocycles. The lowest BCUT2D eigenvalue weighted by atomic mass is 10.1. The average Bonchev–Trinajstić information content (AvgIpc) is 2.63. The van der Waals surface area contributed by atoms with Crippen molar-refractivity contribution < 1.29 is 0 Å². The maximum Gasteiger partial charge on any atom is 0.0747 e. The Morgan fingerprint density at radius 3 is 2.44 bits per heavy atom. The maximum atomic E-state index is 5.06. The molecule has 0 bridgehead atoms. The molecule has 1 heterocycles. The van der Waals surface area contributed by atoms with Crippen LogP contribution in [0.2, 0.25) is 0 Å². The first-order valence-corrected chi connectivity index (χ1v) is 10.5. The number of hydrogen-bond donors (Lipinski definition) is 0. The Kier molecular flexibility index (Phi) is 6.25. The molecule has 0 aliphatic carbocycles. The molecule has 0 atom stereocenters. The molecule has 3 aromatic rings. The number of benzene rings is 2. The molecular formula is C23H29NS. The average molecular weight is 352 g/mol. The van der Waals surface area contributed by atoms with Crippen molar-refractivity contribution in [1.29, 1.82) is 0 Å². The van der Waals surface area contributed by atoms with Crippen LogP contribution in [0.3, 0.4) is 0 Å². The third-order valence-electron chi connectivity index (χ3n) is 5.07. The van der Waals surface area contributed by atoms with E-state index in [0.29, 0.717) is 0 Å². The van der Waals surface area contributed by atoms with E-state index in [1.165, 1.54) is 75.2 Å². The minimum atomic E-state index is 0.937. The van der Waals surface area contributed by atoms with E-state index in [0.717, 1.165) is 6.54 Å². The van der Waals surface area contributed by atoms with Crippen molar-refractivity contribution in [3.63, 3.8) is 0 Å². The van der Waals surface area contributed by atoms with E-state index in [-0.39, 0.29) is 0 Å². The van der Waals surface area contributed by atoms with Gasteiger partial charge in [0.2, 0.25) is 0 Å². The summed E-state index contributed by atoms with van der Waals surface area (Å²) in [4.78, 5) is 5.06. The molecular weight excluding hydrogens is 322 g/mol. The second-order valence-corrected chi connectivity index (χ2v) is 8.03. The first-order valence-electron chi connectivity index (χ1n) is 9.64. The topological polar surface area (TPSA) is 12.4 Å². The standard InChI is InChI=1S/C23H29NS/c1-4-5-6-7-8-11-16-24-22-19-12-9-10-13-21(19)25-23-18(3)17(2)14-15-20(22)23/h9-10,12-15H,4-8,11,16H2,1-3H3. The van der Waals surface area contributed by atoms with Crippen molar-refractivity contribution in [1.82, 2.24) is 0 Å². The summed E-state index contributed by atoms with van der Waals surface area (Å²) in [7, 11) is 0. The molecule has 0 spiro atoms. The summed E-state index contributed by atoms with van der Waals surface area (Å²) in [6.45, 7) is 7.64. The van der Waals surface area contributed by atoms with Gasteiger partial charge in [-0.05, 0) is 37.5 Å². The Balaban J connectivity index is 1.96. The molecule has 0 radical (unpaired) electrons. The van der Waals surface area contributed by atoms with Crippen molar-refractivity contribution >= 4 is 31.5 Å². The van der Waals surface area contributed by atoms with Gasteiger partial charge in [-0.3, -0.25) is 4.99 Å². The molecule has 2 aromatic carbocycles. The molecule has 2 heteroatoms. The van der Waals surface area contributed by atoms with E-state index in [2.05, 4.69) is 57.2 Å². The lowest BCUT2D eigenvalue weighted by Crippen LogP contribution is -2.06. The van der Waals surface area contributed by atoms with Crippen molar-refractivity contribution in [2.24, 2.45) is 4.99 Å². The number of rotatable bonds is 7. The second-order valence-electron chi connectivity index (χ2n) is 6.98. The molecule has 25 heavy (non-hydrogen) atoms. The van der Waals surface area contributed by atoms with Gasteiger partial charge in [0, 0.05) is 26.7 Å².